The first-order valence-electron chi connectivity index (χ1n) is 9.94. The number of aromatic amines is 1. The fraction of sp³-hybridized carbons (Fsp3) is 0.737. The first-order valence-corrected chi connectivity index (χ1v) is 9.94. The zero-order valence-corrected chi connectivity index (χ0v) is 17.4. The van der Waals surface area contributed by atoms with Gasteiger partial charge in [0.05, 0.1) is 18.8 Å². The van der Waals surface area contributed by atoms with Crippen molar-refractivity contribution in [3.05, 3.63) is 32.6 Å². The summed E-state index contributed by atoms with van der Waals surface area (Å²) in [4.78, 5) is 36.9. The molecule has 1 unspecified atom stereocenters. The Balaban J connectivity index is 1.81. The van der Waals surface area contributed by atoms with E-state index in [-0.39, 0.29) is 12.2 Å². The van der Waals surface area contributed by atoms with Crippen molar-refractivity contribution in [3.8, 4) is 0 Å². The SMILES string of the molecule is CC[C@H]1O[C@@H](n2cc(C)c(=O)[nH]c2=O)C[C@H]1OC(C)OCCCCOC(=O)NC. The average Bonchev–Trinajstić information content (AvgIpc) is 3.09. The van der Waals surface area contributed by atoms with Gasteiger partial charge in [-0.05, 0) is 33.1 Å². The van der Waals surface area contributed by atoms with Crippen LogP contribution in [0, 0.1) is 6.92 Å². The third-order valence-corrected chi connectivity index (χ3v) is 4.73. The molecule has 0 saturated carbocycles. The number of H-pyrrole nitrogens is 1. The Morgan fingerprint density at radius 1 is 1.38 bits per heavy atom. The molecular formula is C19H31N3O7. The third kappa shape index (κ3) is 6.69. The lowest BCUT2D eigenvalue weighted by Gasteiger charge is -2.22. The Morgan fingerprint density at radius 3 is 2.79 bits per heavy atom. The Hall–Kier alpha value is -2.17. The molecular weight excluding hydrogens is 382 g/mol. The van der Waals surface area contributed by atoms with E-state index in [9.17, 15) is 14.4 Å². The van der Waals surface area contributed by atoms with Gasteiger partial charge < -0.3 is 24.3 Å². The van der Waals surface area contributed by atoms with Crippen molar-refractivity contribution in [2.45, 2.75) is 71.2 Å². The number of nitrogens with zero attached hydrogens (tertiary/aromatic N) is 1. The van der Waals surface area contributed by atoms with E-state index in [4.69, 9.17) is 18.9 Å². The number of aryl methyl sites for hydroxylation is 1. The normalized spacial score (nSPS) is 22.4. The van der Waals surface area contributed by atoms with E-state index in [2.05, 4.69) is 10.3 Å². The van der Waals surface area contributed by atoms with Crippen LogP contribution in [0.4, 0.5) is 4.79 Å². The summed E-state index contributed by atoms with van der Waals surface area (Å²) >= 11 is 0. The summed E-state index contributed by atoms with van der Waals surface area (Å²) < 4.78 is 24.0. The van der Waals surface area contributed by atoms with Crippen molar-refractivity contribution in [2.75, 3.05) is 20.3 Å². The molecule has 1 saturated heterocycles. The smallest absolute Gasteiger partial charge is 0.406 e. The molecule has 0 aliphatic carbocycles. The molecule has 29 heavy (non-hydrogen) atoms. The van der Waals surface area contributed by atoms with Crippen molar-refractivity contribution < 1.29 is 23.7 Å². The number of ether oxygens (including phenoxy) is 4. The minimum atomic E-state index is -0.498. The van der Waals surface area contributed by atoms with Crippen LogP contribution in [0.25, 0.3) is 0 Å². The van der Waals surface area contributed by atoms with Gasteiger partial charge in [0.25, 0.3) is 5.56 Å². The van der Waals surface area contributed by atoms with Gasteiger partial charge >= 0.3 is 11.8 Å². The van der Waals surface area contributed by atoms with Gasteiger partial charge in [-0.2, -0.15) is 0 Å². The first kappa shape index (κ1) is 23.1. The highest BCUT2D eigenvalue weighted by Gasteiger charge is 2.37. The zero-order valence-electron chi connectivity index (χ0n) is 17.4. The van der Waals surface area contributed by atoms with Crippen LogP contribution in [0.1, 0.15) is 51.3 Å². The highest BCUT2D eigenvalue weighted by molar-refractivity contribution is 5.66. The van der Waals surface area contributed by atoms with Gasteiger partial charge in [-0.25, -0.2) is 9.59 Å². The molecule has 164 valence electrons. The van der Waals surface area contributed by atoms with E-state index in [1.165, 1.54) is 17.8 Å². The van der Waals surface area contributed by atoms with Crippen molar-refractivity contribution in [3.63, 3.8) is 0 Å². The molecule has 2 N–H and O–H groups in total. The second-order valence-corrected chi connectivity index (χ2v) is 6.96. The highest BCUT2D eigenvalue weighted by Crippen LogP contribution is 2.32. The quantitative estimate of drug-likeness (QED) is 0.440. The zero-order chi connectivity index (χ0) is 21.4. The number of carbonyl (C=O) groups is 1. The largest absolute Gasteiger partial charge is 0.450 e. The molecule has 2 heterocycles. The van der Waals surface area contributed by atoms with Gasteiger partial charge in [0.2, 0.25) is 0 Å². The van der Waals surface area contributed by atoms with Crippen molar-refractivity contribution in [2.24, 2.45) is 0 Å². The predicted molar refractivity (Wildman–Crippen MR) is 105 cm³/mol. The first-order chi connectivity index (χ1) is 13.8. The Labute approximate surface area is 169 Å². The van der Waals surface area contributed by atoms with Crippen LogP contribution < -0.4 is 16.6 Å². The van der Waals surface area contributed by atoms with Gasteiger partial charge in [0, 0.05) is 31.8 Å². The lowest BCUT2D eigenvalue weighted by atomic mass is 10.1. The molecule has 0 aromatic carbocycles. The lowest BCUT2D eigenvalue weighted by Crippen LogP contribution is -2.33. The number of rotatable bonds is 10. The van der Waals surface area contributed by atoms with Crippen LogP contribution in [0.15, 0.2) is 15.8 Å². The molecule has 4 atom stereocenters. The fourth-order valence-electron chi connectivity index (χ4n) is 3.15. The second-order valence-electron chi connectivity index (χ2n) is 6.96. The van der Waals surface area contributed by atoms with Crippen molar-refractivity contribution in [1.82, 2.24) is 14.9 Å². The van der Waals surface area contributed by atoms with Gasteiger partial charge in [0.15, 0.2) is 6.29 Å². The number of carbonyl (C=O) groups excluding carboxylic acids is 1. The molecule has 10 nitrogen and oxygen atoms in total. The number of hydrogen-bond acceptors (Lipinski definition) is 7. The molecule has 1 aliphatic heterocycles. The summed E-state index contributed by atoms with van der Waals surface area (Å²) in [6, 6.07) is 0. The van der Waals surface area contributed by atoms with Crippen molar-refractivity contribution in [1.29, 1.82) is 0 Å². The number of alkyl carbamates (subject to hydrolysis) is 1. The maximum absolute atomic E-state index is 12.1. The van der Waals surface area contributed by atoms with Crippen LogP contribution in [-0.4, -0.2) is 54.4 Å². The maximum atomic E-state index is 12.1. The lowest BCUT2D eigenvalue weighted by molar-refractivity contribution is -0.172. The number of unbranched alkanes of at least 4 members (excludes halogenated alkanes) is 1. The highest BCUT2D eigenvalue weighted by atomic mass is 16.7. The molecule has 2 rings (SSSR count). The second kappa shape index (κ2) is 11.1. The van der Waals surface area contributed by atoms with E-state index in [1.807, 2.05) is 13.8 Å². The van der Waals surface area contributed by atoms with Gasteiger partial charge in [-0.3, -0.25) is 14.3 Å². The summed E-state index contributed by atoms with van der Waals surface area (Å²) in [5.41, 5.74) is -0.445. The van der Waals surface area contributed by atoms with E-state index < -0.39 is 29.9 Å². The monoisotopic (exact) mass is 413 g/mol. The fourth-order valence-corrected chi connectivity index (χ4v) is 3.15. The Kier molecular flexibility index (Phi) is 8.87. The van der Waals surface area contributed by atoms with Crippen molar-refractivity contribution >= 4 is 6.09 Å². The van der Waals surface area contributed by atoms with Gasteiger partial charge in [-0.15, -0.1) is 0 Å². The Bertz CT molecular complexity index is 776. The predicted octanol–water partition coefficient (Wildman–Crippen LogP) is 1.43. The van der Waals surface area contributed by atoms with Gasteiger partial charge in [-0.1, -0.05) is 6.92 Å². The van der Waals surface area contributed by atoms with Crippen LogP contribution in [-0.2, 0) is 18.9 Å². The molecule has 1 fully saturated rings. The van der Waals surface area contributed by atoms with Crippen LogP contribution in [0.5, 0.6) is 0 Å². The standard InChI is InChI=1S/C19H31N3O7/c1-5-14-15(28-13(3)26-8-6-7-9-27-19(25)20-4)10-16(29-14)22-11-12(2)17(23)21-18(22)24/h11,13-16H,5-10H2,1-4H3,(H,20,25)(H,21,23,24)/t13?,14-,15-,16-/m1/s1. The maximum Gasteiger partial charge on any atom is 0.406 e. The number of hydrogen-bond donors (Lipinski definition) is 2. The minimum absolute atomic E-state index is 0.175. The van der Waals surface area contributed by atoms with E-state index in [0.29, 0.717) is 31.6 Å². The topological polar surface area (TPSA) is 121 Å². The van der Waals surface area contributed by atoms with Crippen LogP contribution in [0.2, 0.25) is 0 Å². The summed E-state index contributed by atoms with van der Waals surface area (Å²) in [5.74, 6) is 0. The summed E-state index contributed by atoms with van der Waals surface area (Å²) in [6.45, 7) is 6.26. The molecule has 10 heteroatoms. The third-order valence-electron chi connectivity index (χ3n) is 4.73. The minimum Gasteiger partial charge on any atom is -0.450 e. The summed E-state index contributed by atoms with van der Waals surface area (Å²) in [5, 5.41) is 2.39. The van der Waals surface area contributed by atoms with Crippen LogP contribution >= 0.6 is 0 Å². The molecule has 0 bridgehead atoms. The number of aromatic nitrogens is 2. The summed E-state index contributed by atoms with van der Waals surface area (Å²) in [7, 11) is 1.51. The molecule has 0 spiro atoms. The molecule has 1 aromatic rings. The molecule has 1 aliphatic rings. The molecule has 1 aromatic heterocycles. The number of nitrogens with one attached hydrogen (secondary N) is 2. The summed E-state index contributed by atoms with van der Waals surface area (Å²) in [6.07, 6.45) is 2.37. The van der Waals surface area contributed by atoms with E-state index in [1.54, 1.807) is 6.92 Å². The van der Waals surface area contributed by atoms with E-state index >= 15 is 0 Å². The number of amides is 1. The average molecular weight is 413 g/mol. The molecule has 1 amide bonds. The van der Waals surface area contributed by atoms with E-state index in [0.717, 1.165) is 12.8 Å². The van der Waals surface area contributed by atoms with Crippen LogP contribution in [0.3, 0.4) is 0 Å². The Morgan fingerprint density at radius 2 is 2.10 bits per heavy atom. The molecule has 0 radical (unpaired) electrons. The van der Waals surface area contributed by atoms with Gasteiger partial charge in [0.1, 0.15) is 6.23 Å².